The molecule has 4 aliphatic rings. The van der Waals surface area contributed by atoms with Gasteiger partial charge >= 0.3 is 0 Å². The van der Waals surface area contributed by atoms with Crippen LogP contribution >= 0.6 is 0 Å². The molecule has 0 heterocycles. The molecule has 1 aromatic carbocycles. The van der Waals surface area contributed by atoms with Crippen molar-refractivity contribution < 1.29 is 0 Å². The van der Waals surface area contributed by atoms with Gasteiger partial charge in [0.15, 0.2) is 0 Å². The Hall–Kier alpha value is -0.780. The van der Waals surface area contributed by atoms with E-state index in [4.69, 9.17) is 0 Å². The fraction of sp³-hybridized carbons (Fsp3) is 0.739. The van der Waals surface area contributed by atoms with Crippen molar-refractivity contribution in [2.45, 2.75) is 70.1 Å². The molecule has 0 spiro atoms. The molecule has 0 nitrogen and oxygen atoms in total. The zero-order chi connectivity index (χ0) is 15.2. The monoisotopic (exact) mass is 308 g/mol. The summed E-state index contributed by atoms with van der Waals surface area (Å²) in [6.45, 7) is 0. The Bertz CT molecular complexity index is 532. The quantitative estimate of drug-likeness (QED) is 0.561. The SMILES string of the molecule is c1ccc(C2CC3CCC4CCC5CCCCC5C4C3C2)cc1. The lowest BCUT2D eigenvalue weighted by Crippen LogP contribution is -2.44. The molecule has 4 saturated carbocycles. The summed E-state index contributed by atoms with van der Waals surface area (Å²) in [4.78, 5) is 0. The molecule has 4 aliphatic carbocycles. The summed E-state index contributed by atoms with van der Waals surface area (Å²) < 4.78 is 0. The topological polar surface area (TPSA) is 0 Å². The van der Waals surface area contributed by atoms with Crippen LogP contribution in [-0.4, -0.2) is 0 Å². The van der Waals surface area contributed by atoms with Crippen molar-refractivity contribution in [1.29, 1.82) is 0 Å². The van der Waals surface area contributed by atoms with E-state index in [0.717, 1.165) is 41.4 Å². The highest BCUT2D eigenvalue weighted by Gasteiger charge is 2.51. The summed E-state index contributed by atoms with van der Waals surface area (Å²) in [7, 11) is 0. The summed E-state index contributed by atoms with van der Waals surface area (Å²) in [6, 6.07) is 11.5. The molecule has 0 N–H and O–H groups in total. The van der Waals surface area contributed by atoms with Gasteiger partial charge in [0.05, 0.1) is 0 Å². The second-order valence-electron chi connectivity index (χ2n) is 9.20. The van der Waals surface area contributed by atoms with E-state index in [1.54, 1.807) is 44.1 Å². The Morgan fingerprint density at radius 2 is 1.35 bits per heavy atom. The molecule has 0 aliphatic heterocycles. The molecule has 0 radical (unpaired) electrons. The molecule has 0 amide bonds. The molecular formula is C23H32. The van der Waals surface area contributed by atoms with Crippen LogP contribution < -0.4 is 0 Å². The molecule has 0 saturated heterocycles. The molecule has 0 heteroatoms. The minimum absolute atomic E-state index is 0.869. The Labute approximate surface area is 142 Å². The summed E-state index contributed by atoms with van der Waals surface area (Å²) in [5.74, 6) is 7.44. The van der Waals surface area contributed by atoms with E-state index in [-0.39, 0.29) is 0 Å². The number of benzene rings is 1. The van der Waals surface area contributed by atoms with Gasteiger partial charge in [-0.3, -0.25) is 0 Å². The highest BCUT2D eigenvalue weighted by Crippen LogP contribution is 2.60. The van der Waals surface area contributed by atoms with Gasteiger partial charge in [-0.15, -0.1) is 0 Å². The maximum atomic E-state index is 2.39. The van der Waals surface area contributed by atoms with Gasteiger partial charge in [0.25, 0.3) is 0 Å². The van der Waals surface area contributed by atoms with Crippen molar-refractivity contribution in [2.24, 2.45) is 35.5 Å². The van der Waals surface area contributed by atoms with E-state index in [0.29, 0.717) is 0 Å². The van der Waals surface area contributed by atoms with Crippen LogP contribution in [0.1, 0.15) is 75.7 Å². The van der Waals surface area contributed by atoms with Crippen molar-refractivity contribution in [3.05, 3.63) is 35.9 Å². The third-order valence-electron chi connectivity index (χ3n) is 8.34. The summed E-state index contributed by atoms with van der Waals surface area (Å²) >= 11 is 0. The number of hydrogen-bond acceptors (Lipinski definition) is 0. The minimum atomic E-state index is 0.869. The van der Waals surface area contributed by atoms with Crippen LogP contribution in [0.25, 0.3) is 0 Å². The van der Waals surface area contributed by atoms with Crippen LogP contribution in [0, 0.1) is 35.5 Å². The Morgan fingerprint density at radius 3 is 2.22 bits per heavy atom. The zero-order valence-corrected chi connectivity index (χ0v) is 14.5. The minimum Gasteiger partial charge on any atom is -0.0622 e. The van der Waals surface area contributed by atoms with Gasteiger partial charge < -0.3 is 0 Å². The van der Waals surface area contributed by atoms with Crippen LogP contribution in [0.5, 0.6) is 0 Å². The normalized spacial score (nSPS) is 45.8. The fourth-order valence-corrected chi connectivity index (χ4v) is 7.46. The maximum absolute atomic E-state index is 2.39. The van der Waals surface area contributed by atoms with Crippen LogP contribution in [-0.2, 0) is 0 Å². The molecular weight excluding hydrogens is 276 g/mol. The number of fused-ring (bicyclic) bond motifs is 5. The Balaban J connectivity index is 1.40. The largest absolute Gasteiger partial charge is 0.0622 e. The first-order valence-corrected chi connectivity index (χ1v) is 10.4. The predicted octanol–water partition coefficient (Wildman–Crippen LogP) is 6.42. The maximum Gasteiger partial charge on any atom is -0.0156 e. The Morgan fingerprint density at radius 1 is 0.609 bits per heavy atom. The van der Waals surface area contributed by atoms with Gasteiger partial charge in [-0.25, -0.2) is 0 Å². The molecule has 1 aromatic rings. The standard InChI is InChI=1S/C23H32/c1-2-6-16(7-3-1)20-14-19-13-12-18-11-10-17-8-4-5-9-21(17)23(18)22(19)15-20/h1-3,6-7,17-23H,4-5,8-15H2. The second kappa shape index (κ2) is 5.94. The van der Waals surface area contributed by atoms with Crippen molar-refractivity contribution in [3.63, 3.8) is 0 Å². The first kappa shape index (κ1) is 14.6. The highest BCUT2D eigenvalue weighted by molar-refractivity contribution is 5.22. The van der Waals surface area contributed by atoms with Gasteiger partial charge in [-0.05, 0) is 91.9 Å². The van der Waals surface area contributed by atoms with Gasteiger partial charge in [-0.2, -0.15) is 0 Å². The molecule has 7 atom stereocenters. The molecule has 5 rings (SSSR count). The second-order valence-corrected chi connectivity index (χ2v) is 9.20. The molecule has 4 fully saturated rings. The molecule has 0 bridgehead atoms. The van der Waals surface area contributed by atoms with E-state index < -0.39 is 0 Å². The van der Waals surface area contributed by atoms with E-state index >= 15 is 0 Å². The third kappa shape index (κ3) is 2.48. The van der Waals surface area contributed by atoms with Crippen LogP contribution in [0.3, 0.4) is 0 Å². The van der Waals surface area contributed by atoms with Crippen LogP contribution in [0.15, 0.2) is 30.3 Å². The van der Waals surface area contributed by atoms with Gasteiger partial charge in [0.2, 0.25) is 0 Å². The number of hydrogen-bond donors (Lipinski definition) is 0. The van der Waals surface area contributed by atoms with E-state index in [1.165, 1.54) is 25.7 Å². The highest BCUT2D eigenvalue weighted by atomic mass is 14.6. The fourth-order valence-electron chi connectivity index (χ4n) is 7.46. The average molecular weight is 309 g/mol. The van der Waals surface area contributed by atoms with Gasteiger partial charge in [0.1, 0.15) is 0 Å². The zero-order valence-electron chi connectivity index (χ0n) is 14.5. The van der Waals surface area contributed by atoms with E-state index in [1.807, 2.05) is 0 Å². The summed E-state index contributed by atoms with van der Waals surface area (Å²) in [6.07, 6.45) is 15.5. The molecule has 124 valence electrons. The van der Waals surface area contributed by atoms with Crippen molar-refractivity contribution >= 4 is 0 Å². The number of rotatable bonds is 1. The summed E-state index contributed by atoms with van der Waals surface area (Å²) in [5, 5.41) is 0. The lowest BCUT2D eigenvalue weighted by molar-refractivity contribution is -0.0264. The third-order valence-corrected chi connectivity index (χ3v) is 8.34. The lowest BCUT2D eigenvalue weighted by Gasteiger charge is -2.52. The van der Waals surface area contributed by atoms with Crippen LogP contribution in [0.4, 0.5) is 0 Å². The first-order chi connectivity index (χ1) is 11.4. The summed E-state index contributed by atoms with van der Waals surface area (Å²) in [5.41, 5.74) is 1.63. The van der Waals surface area contributed by atoms with Crippen molar-refractivity contribution in [2.75, 3.05) is 0 Å². The van der Waals surface area contributed by atoms with Gasteiger partial charge in [0, 0.05) is 0 Å². The predicted molar refractivity (Wildman–Crippen MR) is 96.3 cm³/mol. The van der Waals surface area contributed by atoms with Crippen molar-refractivity contribution in [3.8, 4) is 0 Å². The molecule has 0 aromatic heterocycles. The smallest absolute Gasteiger partial charge is 0.0156 e. The van der Waals surface area contributed by atoms with E-state index in [2.05, 4.69) is 30.3 Å². The average Bonchev–Trinajstić information content (AvgIpc) is 3.06. The van der Waals surface area contributed by atoms with E-state index in [9.17, 15) is 0 Å². The first-order valence-electron chi connectivity index (χ1n) is 10.4. The van der Waals surface area contributed by atoms with Gasteiger partial charge in [-0.1, -0.05) is 49.6 Å². The lowest BCUT2D eigenvalue weighted by atomic mass is 9.53. The molecule has 7 unspecified atom stereocenters. The van der Waals surface area contributed by atoms with Crippen LogP contribution in [0.2, 0.25) is 0 Å². The molecule has 23 heavy (non-hydrogen) atoms. The van der Waals surface area contributed by atoms with Crippen molar-refractivity contribution in [1.82, 2.24) is 0 Å². The Kier molecular flexibility index (Phi) is 3.76.